The van der Waals surface area contributed by atoms with Crippen LogP contribution in [0.25, 0.3) is 0 Å². The van der Waals surface area contributed by atoms with Crippen LogP contribution >= 0.6 is 12.0 Å². The molecule has 1 rings (SSSR count). The Kier molecular flexibility index (Phi) is 5.10. The summed E-state index contributed by atoms with van der Waals surface area (Å²) in [5.74, 6) is -2.10. The Morgan fingerprint density at radius 3 is 2.44 bits per heavy atom. The topological polar surface area (TPSA) is 20.2 Å². The van der Waals surface area contributed by atoms with Gasteiger partial charge in [-0.15, -0.1) is 0 Å². The van der Waals surface area contributed by atoms with Gasteiger partial charge in [-0.3, -0.25) is 0 Å². The molecule has 0 aliphatic heterocycles. The van der Waals surface area contributed by atoms with Crippen LogP contribution in [0.5, 0.6) is 0 Å². The second-order valence-electron chi connectivity index (χ2n) is 4.58. The van der Waals surface area contributed by atoms with E-state index < -0.39 is 18.0 Å². The molecular formula is C13H17F3OS. The molecule has 102 valence electrons. The molecule has 1 nitrogen and oxygen atoms in total. The molecule has 0 fully saturated rings. The molecule has 1 aliphatic carbocycles. The zero-order valence-corrected chi connectivity index (χ0v) is 11.3. The molecule has 0 saturated carbocycles. The molecule has 0 amide bonds. The third kappa shape index (κ3) is 3.42. The van der Waals surface area contributed by atoms with Crippen molar-refractivity contribution in [2.45, 2.75) is 26.9 Å². The first-order chi connectivity index (χ1) is 8.31. The van der Waals surface area contributed by atoms with Gasteiger partial charge in [0.25, 0.3) is 0 Å². The van der Waals surface area contributed by atoms with Gasteiger partial charge in [0, 0.05) is 22.9 Å². The Morgan fingerprint density at radius 1 is 1.44 bits per heavy atom. The monoisotopic (exact) mass is 278 g/mol. The molecule has 0 saturated heterocycles. The predicted octanol–water partition coefficient (Wildman–Crippen LogP) is 5.04. The summed E-state index contributed by atoms with van der Waals surface area (Å²) in [4.78, 5) is 0.574. The summed E-state index contributed by atoms with van der Waals surface area (Å²) in [5.41, 5.74) is 0.303. The van der Waals surface area contributed by atoms with Crippen molar-refractivity contribution in [1.29, 1.82) is 0 Å². The maximum atomic E-state index is 12.9. The molecule has 0 spiro atoms. The summed E-state index contributed by atoms with van der Waals surface area (Å²) in [6, 6.07) is 0. The van der Waals surface area contributed by atoms with Crippen molar-refractivity contribution in [2.75, 3.05) is 0 Å². The van der Waals surface area contributed by atoms with Crippen molar-refractivity contribution in [3.8, 4) is 0 Å². The van der Waals surface area contributed by atoms with Gasteiger partial charge in [0.2, 0.25) is 0 Å². The van der Waals surface area contributed by atoms with E-state index in [1.807, 2.05) is 13.8 Å². The van der Waals surface area contributed by atoms with E-state index in [9.17, 15) is 13.2 Å². The summed E-state index contributed by atoms with van der Waals surface area (Å²) < 4.78 is 47.8. The number of allylic oxidation sites excluding steroid dienone is 6. The summed E-state index contributed by atoms with van der Waals surface area (Å²) >= 11 is 0.529. The molecule has 18 heavy (non-hydrogen) atoms. The first-order valence-corrected chi connectivity index (χ1v) is 6.52. The van der Waals surface area contributed by atoms with Crippen molar-refractivity contribution < 1.29 is 17.7 Å². The van der Waals surface area contributed by atoms with E-state index in [2.05, 4.69) is 0 Å². The highest BCUT2D eigenvalue weighted by atomic mass is 32.2. The SMILES string of the molecule is C/C=C/C1=C[C@H](/C=C(/SO)C(C)C)[C@H]1C(F)(F)F. The number of rotatable bonds is 4. The summed E-state index contributed by atoms with van der Waals surface area (Å²) in [7, 11) is 0. The Balaban J connectivity index is 2.97. The van der Waals surface area contributed by atoms with Gasteiger partial charge in [-0.2, -0.15) is 13.2 Å². The Morgan fingerprint density at radius 2 is 2.06 bits per heavy atom. The van der Waals surface area contributed by atoms with E-state index in [-0.39, 0.29) is 5.92 Å². The van der Waals surface area contributed by atoms with Crippen LogP contribution in [0, 0.1) is 17.8 Å². The van der Waals surface area contributed by atoms with Gasteiger partial charge in [0.1, 0.15) is 0 Å². The minimum Gasteiger partial charge on any atom is -0.326 e. The lowest BCUT2D eigenvalue weighted by molar-refractivity contribution is -0.174. The normalized spacial score (nSPS) is 25.6. The van der Waals surface area contributed by atoms with Gasteiger partial charge in [-0.25, -0.2) is 0 Å². The van der Waals surface area contributed by atoms with Crippen molar-refractivity contribution in [1.82, 2.24) is 0 Å². The Labute approximate surface area is 110 Å². The zero-order chi connectivity index (χ0) is 13.9. The second kappa shape index (κ2) is 5.97. The van der Waals surface area contributed by atoms with Crippen LogP contribution < -0.4 is 0 Å². The first-order valence-electron chi connectivity index (χ1n) is 5.75. The average Bonchev–Trinajstić information content (AvgIpc) is 2.18. The molecule has 1 aliphatic rings. The van der Waals surface area contributed by atoms with Gasteiger partial charge < -0.3 is 4.55 Å². The fraction of sp³-hybridized carbons (Fsp3) is 0.538. The van der Waals surface area contributed by atoms with Crippen LogP contribution in [0.4, 0.5) is 13.2 Å². The number of hydrogen-bond acceptors (Lipinski definition) is 2. The Hall–Kier alpha value is -0.680. The van der Waals surface area contributed by atoms with Crippen LogP contribution in [-0.4, -0.2) is 10.7 Å². The van der Waals surface area contributed by atoms with Crippen LogP contribution in [-0.2, 0) is 0 Å². The number of halogens is 3. The molecule has 2 atom stereocenters. The summed E-state index contributed by atoms with van der Waals surface area (Å²) in [5, 5.41) is 0. The quantitative estimate of drug-likeness (QED) is 0.727. The zero-order valence-electron chi connectivity index (χ0n) is 10.5. The maximum absolute atomic E-state index is 12.9. The fourth-order valence-corrected chi connectivity index (χ4v) is 2.38. The molecule has 1 N–H and O–H groups in total. The van der Waals surface area contributed by atoms with E-state index in [1.165, 1.54) is 12.2 Å². The molecule has 0 aromatic heterocycles. The molecule has 5 heteroatoms. The lowest BCUT2D eigenvalue weighted by Crippen LogP contribution is -2.36. The maximum Gasteiger partial charge on any atom is 0.396 e. The highest BCUT2D eigenvalue weighted by molar-refractivity contribution is 7.97. The van der Waals surface area contributed by atoms with Crippen molar-refractivity contribution in [2.24, 2.45) is 17.8 Å². The van der Waals surface area contributed by atoms with Crippen LogP contribution in [0.15, 0.2) is 34.8 Å². The summed E-state index contributed by atoms with van der Waals surface area (Å²) in [6.45, 7) is 5.38. The summed E-state index contributed by atoms with van der Waals surface area (Å²) in [6.07, 6.45) is 1.96. The first kappa shape index (κ1) is 15.4. The number of hydrogen-bond donors (Lipinski definition) is 1. The average molecular weight is 278 g/mol. The minimum absolute atomic E-state index is 0.0213. The van der Waals surface area contributed by atoms with Crippen LogP contribution in [0.2, 0.25) is 0 Å². The van der Waals surface area contributed by atoms with Crippen molar-refractivity contribution >= 4 is 12.0 Å². The smallest absolute Gasteiger partial charge is 0.326 e. The molecular weight excluding hydrogens is 261 g/mol. The van der Waals surface area contributed by atoms with Gasteiger partial charge in [0.05, 0.1) is 5.92 Å². The predicted molar refractivity (Wildman–Crippen MR) is 69.1 cm³/mol. The third-order valence-corrected chi connectivity index (χ3v) is 3.69. The van der Waals surface area contributed by atoms with Gasteiger partial charge in [-0.05, 0) is 18.4 Å². The standard InChI is InChI=1S/C13H17F3OS/c1-4-5-9-6-10(12(9)13(14,15)16)7-11(18-17)8(2)3/h4-8,10,12,17H,1-3H3/b5-4+,11-7+/t10-,12+/m1/s1. The Bertz CT molecular complexity index is 380. The number of alkyl halides is 3. The molecule has 0 unspecified atom stereocenters. The highest BCUT2D eigenvalue weighted by Gasteiger charge is 2.49. The lowest BCUT2D eigenvalue weighted by Gasteiger charge is -2.35. The molecule has 0 bridgehead atoms. The van der Waals surface area contributed by atoms with E-state index >= 15 is 0 Å². The highest BCUT2D eigenvalue weighted by Crippen LogP contribution is 2.47. The molecule has 0 radical (unpaired) electrons. The molecule has 0 aromatic carbocycles. The lowest BCUT2D eigenvalue weighted by atomic mass is 9.73. The van der Waals surface area contributed by atoms with Crippen LogP contribution in [0.1, 0.15) is 20.8 Å². The van der Waals surface area contributed by atoms with E-state index in [1.54, 1.807) is 19.1 Å². The largest absolute Gasteiger partial charge is 0.396 e. The minimum atomic E-state index is -4.24. The second-order valence-corrected chi connectivity index (χ2v) is 5.23. The van der Waals surface area contributed by atoms with Crippen LogP contribution in [0.3, 0.4) is 0 Å². The molecule has 0 aromatic rings. The van der Waals surface area contributed by atoms with Crippen molar-refractivity contribution in [3.05, 3.63) is 34.8 Å². The van der Waals surface area contributed by atoms with Gasteiger partial charge >= 0.3 is 6.18 Å². The van der Waals surface area contributed by atoms with E-state index in [0.29, 0.717) is 22.5 Å². The fourth-order valence-electron chi connectivity index (χ4n) is 1.95. The van der Waals surface area contributed by atoms with Gasteiger partial charge in [-0.1, -0.05) is 38.2 Å². The molecule has 0 heterocycles. The van der Waals surface area contributed by atoms with Crippen molar-refractivity contribution in [3.63, 3.8) is 0 Å². The third-order valence-electron chi connectivity index (χ3n) is 2.87. The van der Waals surface area contributed by atoms with Gasteiger partial charge in [0.15, 0.2) is 0 Å². The van der Waals surface area contributed by atoms with E-state index in [0.717, 1.165) is 0 Å². The van der Waals surface area contributed by atoms with E-state index in [4.69, 9.17) is 4.55 Å².